The fourth-order valence-electron chi connectivity index (χ4n) is 2.54. The Balaban J connectivity index is 2.15. The van der Waals surface area contributed by atoms with Crippen molar-refractivity contribution in [1.29, 1.82) is 5.26 Å². The second kappa shape index (κ2) is 6.85. The van der Waals surface area contributed by atoms with Crippen molar-refractivity contribution in [2.24, 2.45) is 0 Å². The fourth-order valence-corrected chi connectivity index (χ4v) is 2.54. The first-order valence-corrected chi connectivity index (χ1v) is 7.25. The van der Waals surface area contributed by atoms with Gasteiger partial charge in [-0.15, -0.1) is 0 Å². The second-order valence-corrected chi connectivity index (χ2v) is 5.11. The van der Waals surface area contributed by atoms with E-state index >= 15 is 0 Å². The molecule has 108 valence electrons. The van der Waals surface area contributed by atoms with E-state index in [0.717, 1.165) is 19.4 Å². The minimum Gasteiger partial charge on any atom is -0.368 e. The highest BCUT2D eigenvalue weighted by Gasteiger charge is 2.28. The molecule has 2 rings (SSSR count). The molecule has 1 N–H and O–H groups in total. The van der Waals surface area contributed by atoms with E-state index in [1.807, 2.05) is 12.1 Å². The first-order valence-electron chi connectivity index (χ1n) is 7.25. The highest BCUT2D eigenvalue weighted by atomic mass is 15.0. The van der Waals surface area contributed by atoms with Crippen molar-refractivity contribution >= 4 is 5.82 Å². The molecule has 21 heavy (non-hydrogen) atoms. The molecule has 0 fully saturated rings. The van der Waals surface area contributed by atoms with Gasteiger partial charge in [0.15, 0.2) is 5.69 Å². The van der Waals surface area contributed by atoms with Gasteiger partial charge >= 0.3 is 0 Å². The van der Waals surface area contributed by atoms with Gasteiger partial charge in [-0.2, -0.15) is 5.26 Å². The lowest BCUT2D eigenvalue weighted by atomic mass is 9.76. The molecule has 1 aromatic heterocycles. The molecule has 0 aliphatic carbocycles. The van der Waals surface area contributed by atoms with Crippen LogP contribution in [0.2, 0.25) is 0 Å². The Hall–Kier alpha value is -2.41. The summed E-state index contributed by atoms with van der Waals surface area (Å²) in [5, 5.41) is 12.1. The Labute approximate surface area is 125 Å². The molecule has 0 aliphatic heterocycles. The van der Waals surface area contributed by atoms with Gasteiger partial charge in [0.05, 0.1) is 12.4 Å². The maximum absolute atomic E-state index is 8.74. The van der Waals surface area contributed by atoms with Crippen molar-refractivity contribution in [2.75, 3.05) is 11.9 Å². The predicted molar refractivity (Wildman–Crippen MR) is 83.9 cm³/mol. The average Bonchev–Trinajstić information content (AvgIpc) is 2.58. The molecule has 1 aromatic carbocycles. The molecule has 0 amide bonds. The van der Waals surface area contributed by atoms with Crippen LogP contribution >= 0.6 is 0 Å². The molecule has 0 aliphatic rings. The van der Waals surface area contributed by atoms with E-state index in [9.17, 15) is 0 Å². The average molecular weight is 280 g/mol. The molecule has 0 saturated carbocycles. The number of hydrogen-bond donors (Lipinski definition) is 1. The number of hydrogen-bond acceptors (Lipinski definition) is 4. The highest BCUT2D eigenvalue weighted by Crippen LogP contribution is 2.31. The number of anilines is 1. The van der Waals surface area contributed by atoms with E-state index in [1.54, 1.807) is 6.20 Å². The van der Waals surface area contributed by atoms with E-state index in [0.29, 0.717) is 11.5 Å². The van der Waals surface area contributed by atoms with Gasteiger partial charge in [-0.05, 0) is 18.4 Å². The molecular weight excluding hydrogens is 260 g/mol. The summed E-state index contributed by atoms with van der Waals surface area (Å²) in [6.07, 6.45) is 5.19. The third kappa shape index (κ3) is 3.38. The third-order valence-electron chi connectivity index (χ3n) is 4.11. The Morgan fingerprint density at radius 1 is 1.10 bits per heavy atom. The van der Waals surface area contributed by atoms with Crippen LogP contribution in [0.15, 0.2) is 42.7 Å². The molecule has 0 atom stereocenters. The molecule has 4 nitrogen and oxygen atoms in total. The zero-order chi connectivity index (χ0) is 15.1. The summed E-state index contributed by atoms with van der Waals surface area (Å²) in [6, 6.07) is 12.5. The standard InChI is InChI=1S/C17H20N4/c1-3-17(4-2,14-8-6-5-7-9-14)13-21-16-12-19-15(10-18)11-20-16/h5-9,11-12H,3-4,13H2,1-2H3,(H,20,21). The summed E-state index contributed by atoms with van der Waals surface area (Å²) in [5.41, 5.74) is 1.75. The van der Waals surface area contributed by atoms with Gasteiger partial charge in [-0.1, -0.05) is 44.2 Å². The number of aromatic nitrogens is 2. The van der Waals surface area contributed by atoms with Gasteiger partial charge in [0, 0.05) is 12.0 Å². The van der Waals surface area contributed by atoms with E-state index < -0.39 is 0 Å². The number of rotatable bonds is 6. The first-order chi connectivity index (χ1) is 10.2. The van der Waals surface area contributed by atoms with Gasteiger partial charge < -0.3 is 5.32 Å². The van der Waals surface area contributed by atoms with Crippen LogP contribution in [0.4, 0.5) is 5.82 Å². The second-order valence-electron chi connectivity index (χ2n) is 5.11. The van der Waals surface area contributed by atoms with Crippen LogP contribution in [0.3, 0.4) is 0 Å². The number of nitrogens with one attached hydrogen (secondary N) is 1. The molecular formula is C17H20N4. The van der Waals surface area contributed by atoms with Crippen molar-refractivity contribution in [3.63, 3.8) is 0 Å². The number of nitriles is 1. The SMILES string of the molecule is CCC(CC)(CNc1cnc(C#N)cn1)c1ccccc1. The number of benzene rings is 1. The Morgan fingerprint density at radius 2 is 1.81 bits per heavy atom. The van der Waals surface area contributed by atoms with Crippen molar-refractivity contribution < 1.29 is 0 Å². The van der Waals surface area contributed by atoms with Crippen molar-refractivity contribution in [2.45, 2.75) is 32.1 Å². The molecule has 0 saturated heterocycles. The monoisotopic (exact) mass is 280 g/mol. The highest BCUT2D eigenvalue weighted by molar-refractivity contribution is 5.36. The molecule has 1 heterocycles. The summed E-state index contributed by atoms with van der Waals surface area (Å²) >= 11 is 0. The maximum atomic E-state index is 8.74. The minimum absolute atomic E-state index is 0.0802. The van der Waals surface area contributed by atoms with E-state index in [4.69, 9.17) is 5.26 Å². The van der Waals surface area contributed by atoms with Crippen LogP contribution in [0.1, 0.15) is 37.9 Å². The molecule has 2 aromatic rings. The predicted octanol–water partition coefficient (Wildman–Crippen LogP) is 3.52. The lowest BCUT2D eigenvalue weighted by Gasteiger charge is -2.32. The normalized spacial score (nSPS) is 10.9. The van der Waals surface area contributed by atoms with E-state index in [2.05, 4.69) is 53.4 Å². The van der Waals surface area contributed by atoms with Crippen LogP contribution in [-0.4, -0.2) is 16.5 Å². The summed E-state index contributed by atoms with van der Waals surface area (Å²) in [7, 11) is 0. The third-order valence-corrected chi connectivity index (χ3v) is 4.11. The maximum Gasteiger partial charge on any atom is 0.158 e. The quantitative estimate of drug-likeness (QED) is 0.879. The molecule has 0 radical (unpaired) electrons. The zero-order valence-corrected chi connectivity index (χ0v) is 12.5. The van der Waals surface area contributed by atoms with Crippen molar-refractivity contribution in [1.82, 2.24) is 9.97 Å². The van der Waals surface area contributed by atoms with Gasteiger partial charge in [0.25, 0.3) is 0 Å². The molecule has 0 bridgehead atoms. The van der Waals surface area contributed by atoms with Crippen LogP contribution in [0.5, 0.6) is 0 Å². The summed E-state index contributed by atoms with van der Waals surface area (Å²) < 4.78 is 0. The lowest BCUT2D eigenvalue weighted by molar-refractivity contribution is 0.418. The first kappa shape index (κ1) is 15.0. The van der Waals surface area contributed by atoms with Crippen LogP contribution < -0.4 is 5.32 Å². The smallest absolute Gasteiger partial charge is 0.158 e. The van der Waals surface area contributed by atoms with Crippen LogP contribution in [0, 0.1) is 11.3 Å². The van der Waals surface area contributed by atoms with Crippen molar-refractivity contribution in [3.8, 4) is 6.07 Å². The molecule has 0 spiro atoms. The van der Waals surface area contributed by atoms with Gasteiger partial charge in [0.2, 0.25) is 0 Å². The molecule has 4 heteroatoms. The van der Waals surface area contributed by atoms with Crippen molar-refractivity contribution in [3.05, 3.63) is 54.0 Å². The minimum atomic E-state index is 0.0802. The summed E-state index contributed by atoms with van der Waals surface area (Å²) in [4.78, 5) is 8.25. The number of nitrogens with zero attached hydrogens (tertiary/aromatic N) is 3. The van der Waals surface area contributed by atoms with Gasteiger partial charge in [-0.25, -0.2) is 9.97 Å². The van der Waals surface area contributed by atoms with Gasteiger partial charge in [-0.3, -0.25) is 0 Å². The lowest BCUT2D eigenvalue weighted by Crippen LogP contribution is -2.33. The van der Waals surface area contributed by atoms with Crippen LogP contribution in [0.25, 0.3) is 0 Å². The Bertz CT molecular complexity index is 595. The largest absolute Gasteiger partial charge is 0.368 e. The zero-order valence-electron chi connectivity index (χ0n) is 12.5. The van der Waals surface area contributed by atoms with Crippen LogP contribution in [-0.2, 0) is 5.41 Å². The summed E-state index contributed by atoms with van der Waals surface area (Å²) in [6.45, 7) is 5.22. The molecule has 0 unspecified atom stereocenters. The van der Waals surface area contributed by atoms with E-state index in [1.165, 1.54) is 11.8 Å². The van der Waals surface area contributed by atoms with E-state index in [-0.39, 0.29) is 5.41 Å². The fraction of sp³-hybridized carbons (Fsp3) is 0.353. The topological polar surface area (TPSA) is 61.6 Å². The van der Waals surface area contributed by atoms with Gasteiger partial charge in [0.1, 0.15) is 11.9 Å². The Kier molecular flexibility index (Phi) is 4.89. The summed E-state index contributed by atoms with van der Waals surface area (Å²) in [5.74, 6) is 0.705. The Morgan fingerprint density at radius 3 is 2.33 bits per heavy atom.